The van der Waals surface area contributed by atoms with E-state index in [0.717, 1.165) is 11.1 Å². The number of guanidine groups is 1. The lowest BCUT2D eigenvalue weighted by atomic mass is 10.1. The highest BCUT2D eigenvalue weighted by Crippen LogP contribution is 2.24. The number of hydrogen-bond donors (Lipinski definition) is 1. The number of hydrogen-bond acceptors (Lipinski definition) is 2. The van der Waals surface area contributed by atoms with Gasteiger partial charge in [0.25, 0.3) is 5.56 Å². The van der Waals surface area contributed by atoms with Crippen LogP contribution in [0.4, 0.5) is 0 Å². The second-order valence-electron chi connectivity index (χ2n) is 6.00. The third-order valence-corrected chi connectivity index (χ3v) is 4.15. The largest absolute Gasteiger partial charge is 0.370 e. The summed E-state index contributed by atoms with van der Waals surface area (Å²) in [5.74, 6) is 0.604. The highest BCUT2D eigenvalue weighted by atomic mass is 16.1. The van der Waals surface area contributed by atoms with Gasteiger partial charge in [0.2, 0.25) is 0 Å². The van der Waals surface area contributed by atoms with E-state index in [1.165, 1.54) is 12.8 Å². The first kappa shape index (κ1) is 15.3. The van der Waals surface area contributed by atoms with Crippen LogP contribution in [-0.4, -0.2) is 28.5 Å². The Kier molecular flexibility index (Phi) is 4.46. The molecule has 1 saturated carbocycles. The number of nitrogens with zero attached hydrogens (tertiary/aromatic N) is 3. The van der Waals surface area contributed by atoms with E-state index in [1.807, 2.05) is 37.4 Å². The van der Waals surface area contributed by atoms with E-state index < -0.39 is 0 Å². The molecule has 2 aromatic rings. The summed E-state index contributed by atoms with van der Waals surface area (Å²) >= 11 is 0. The van der Waals surface area contributed by atoms with Gasteiger partial charge in [-0.3, -0.25) is 4.79 Å². The summed E-state index contributed by atoms with van der Waals surface area (Å²) in [5, 5.41) is 0. The Hall–Kier alpha value is -2.56. The summed E-state index contributed by atoms with van der Waals surface area (Å²) < 4.78 is 1.69. The summed E-state index contributed by atoms with van der Waals surface area (Å²) in [6.45, 7) is 1.16. The predicted octanol–water partition coefficient (Wildman–Crippen LogP) is 1.81. The zero-order valence-corrected chi connectivity index (χ0v) is 13.4. The SMILES string of the molecule is CN(C(N)=NCc1ccc(Cn2ccccc2=O)cc1)C1CC1. The van der Waals surface area contributed by atoms with Crippen molar-refractivity contribution in [3.63, 3.8) is 0 Å². The maximum Gasteiger partial charge on any atom is 0.250 e. The molecule has 1 heterocycles. The molecule has 3 rings (SSSR count). The molecule has 0 spiro atoms. The summed E-state index contributed by atoms with van der Waals surface area (Å²) in [6.07, 6.45) is 4.22. The first-order valence-electron chi connectivity index (χ1n) is 7.89. The fourth-order valence-corrected chi connectivity index (χ4v) is 2.47. The maximum absolute atomic E-state index is 11.7. The third kappa shape index (κ3) is 4.00. The Morgan fingerprint density at radius 2 is 1.91 bits per heavy atom. The van der Waals surface area contributed by atoms with Gasteiger partial charge in [-0.05, 0) is 30.0 Å². The van der Waals surface area contributed by atoms with Crippen molar-refractivity contribution < 1.29 is 0 Å². The number of nitrogens with two attached hydrogens (primary N) is 1. The molecule has 5 nitrogen and oxygen atoms in total. The van der Waals surface area contributed by atoms with Crippen molar-refractivity contribution >= 4 is 5.96 Å². The molecular formula is C18H22N4O. The van der Waals surface area contributed by atoms with E-state index in [4.69, 9.17) is 5.73 Å². The van der Waals surface area contributed by atoms with Crippen molar-refractivity contribution in [3.05, 3.63) is 70.1 Å². The van der Waals surface area contributed by atoms with E-state index in [9.17, 15) is 4.79 Å². The van der Waals surface area contributed by atoms with Gasteiger partial charge in [-0.15, -0.1) is 0 Å². The molecule has 5 heteroatoms. The molecule has 1 aliphatic rings. The van der Waals surface area contributed by atoms with Gasteiger partial charge in [-0.2, -0.15) is 0 Å². The highest BCUT2D eigenvalue weighted by Gasteiger charge is 2.27. The number of aliphatic imine (C=N–C) groups is 1. The second kappa shape index (κ2) is 6.69. The van der Waals surface area contributed by atoms with Gasteiger partial charge in [-0.1, -0.05) is 30.3 Å². The normalized spacial score (nSPS) is 14.7. The van der Waals surface area contributed by atoms with Gasteiger partial charge in [0.1, 0.15) is 0 Å². The van der Waals surface area contributed by atoms with Gasteiger partial charge < -0.3 is 15.2 Å². The summed E-state index contributed by atoms with van der Waals surface area (Å²) in [6, 6.07) is 13.9. The van der Waals surface area contributed by atoms with Crippen LogP contribution in [-0.2, 0) is 13.1 Å². The van der Waals surface area contributed by atoms with E-state index in [-0.39, 0.29) is 5.56 Å². The summed E-state index contributed by atoms with van der Waals surface area (Å²) in [5.41, 5.74) is 8.21. The van der Waals surface area contributed by atoms with Gasteiger partial charge >= 0.3 is 0 Å². The van der Waals surface area contributed by atoms with Crippen LogP contribution in [0, 0.1) is 0 Å². The van der Waals surface area contributed by atoms with Gasteiger partial charge in [0, 0.05) is 25.4 Å². The number of benzene rings is 1. The Balaban J connectivity index is 1.62. The fourth-order valence-electron chi connectivity index (χ4n) is 2.47. The highest BCUT2D eigenvalue weighted by molar-refractivity contribution is 5.78. The Labute approximate surface area is 136 Å². The Morgan fingerprint density at radius 3 is 2.57 bits per heavy atom. The maximum atomic E-state index is 11.7. The van der Waals surface area contributed by atoms with Crippen LogP contribution in [0.25, 0.3) is 0 Å². The van der Waals surface area contributed by atoms with Crippen LogP contribution < -0.4 is 11.3 Å². The van der Waals surface area contributed by atoms with Crippen molar-refractivity contribution in [3.8, 4) is 0 Å². The number of rotatable bonds is 5. The predicted molar refractivity (Wildman–Crippen MR) is 92.4 cm³/mol. The van der Waals surface area contributed by atoms with Gasteiger partial charge in [0.15, 0.2) is 5.96 Å². The van der Waals surface area contributed by atoms with Gasteiger partial charge in [-0.25, -0.2) is 4.99 Å². The lowest BCUT2D eigenvalue weighted by Crippen LogP contribution is -2.35. The second-order valence-corrected chi connectivity index (χ2v) is 6.00. The van der Waals surface area contributed by atoms with Crippen LogP contribution in [0.3, 0.4) is 0 Å². The van der Waals surface area contributed by atoms with Crippen molar-refractivity contribution in [2.24, 2.45) is 10.7 Å². The molecule has 0 atom stereocenters. The monoisotopic (exact) mass is 310 g/mol. The Morgan fingerprint density at radius 1 is 1.22 bits per heavy atom. The van der Waals surface area contributed by atoms with E-state index in [1.54, 1.807) is 22.9 Å². The minimum absolute atomic E-state index is 0.0112. The number of aromatic nitrogens is 1. The molecule has 1 aromatic carbocycles. The van der Waals surface area contributed by atoms with Gasteiger partial charge in [0.05, 0.1) is 13.1 Å². The molecule has 1 aromatic heterocycles. The van der Waals surface area contributed by atoms with Crippen molar-refractivity contribution in [1.82, 2.24) is 9.47 Å². The average Bonchev–Trinajstić information content (AvgIpc) is 3.40. The molecule has 0 radical (unpaired) electrons. The lowest BCUT2D eigenvalue weighted by Gasteiger charge is -2.16. The van der Waals surface area contributed by atoms with Crippen molar-refractivity contribution in [1.29, 1.82) is 0 Å². The van der Waals surface area contributed by atoms with Crippen molar-refractivity contribution in [2.45, 2.75) is 32.0 Å². The van der Waals surface area contributed by atoms with E-state index in [0.29, 0.717) is 25.1 Å². The standard InChI is InChI=1S/C18H22N4O/c1-21(16-9-10-16)18(19)20-12-14-5-7-15(8-6-14)13-22-11-3-2-4-17(22)23/h2-8,11,16H,9-10,12-13H2,1H3,(H2,19,20). The summed E-state index contributed by atoms with van der Waals surface area (Å²) in [7, 11) is 2.00. The molecule has 1 fully saturated rings. The lowest BCUT2D eigenvalue weighted by molar-refractivity contribution is 0.487. The fraction of sp³-hybridized carbons (Fsp3) is 0.333. The molecule has 120 valence electrons. The molecule has 0 amide bonds. The molecule has 0 saturated heterocycles. The Bertz CT molecular complexity index is 744. The molecule has 0 unspecified atom stereocenters. The zero-order chi connectivity index (χ0) is 16.2. The quantitative estimate of drug-likeness (QED) is 0.676. The van der Waals surface area contributed by atoms with E-state index in [2.05, 4.69) is 9.89 Å². The average molecular weight is 310 g/mol. The molecule has 0 bridgehead atoms. The first-order valence-corrected chi connectivity index (χ1v) is 7.89. The van der Waals surface area contributed by atoms with Crippen molar-refractivity contribution in [2.75, 3.05) is 7.05 Å². The molecule has 0 aliphatic heterocycles. The van der Waals surface area contributed by atoms with Crippen LogP contribution in [0.5, 0.6) is 0 Å². The zero-order valence-electron chi connectivity index (χ0n) is 13.4. The minimum atomic E-state index is 0.0112. The topological polar surface area (TPSA) is 63.6 Å². The molecule has 1 aliphatic carbocycles. The third-order valence-electron chi connectivity index (χ3n) is 4.15. The minimum Gasteiger partial charge on any atom is -0.370 e. The van der Waals surface area contributed by atoms with Crippen LogP contribution in [0.1, 0.15) is 24.0 Å². The summed E-state index contributed by atoms with van der Waals surface area (Å²) in [4.78, 5) is 18.2. The molecular weight excluding hydrogens is 288 g/mol. The van der Waals surface area contributed by atoms with E-state index >= 15 is 0 Å². The number of pyridine rings is 1. The molecule has 2 N–H and O–H groups in total. The van der Waals surface area contributed by atoms with Crippen LogP contribution >= 0.6 is 0 Å². The first-order chi connectivity index (χ1) is 11.1. The smallest absolute Gasteiger partial charge is 0.250 e. The van der Waals surface area contributed by atoms with Crippen LogP contribution in [0.2, 0.25) is 0 Å². The molecule has 23 heavy (non-hydrogen) atoms. The van der Waals surface area contributed by atoms with Crippen LogP contribution in [0.15, 0.2) is 58.4 Å².